The lowest BCUT2D eigenvalue weighted by Crippen LogP contribution is -2.15. The number of aromatic nitrogens is 4. The van der Waals surface area contributed by atoms with Crippen molar-refractivity contribution in [1.29, 1.82) is 0 Å². The van der Waals surface area contributed by atoms with Crippen LogP contribution < -0.4 is 11.0 Å². The molecule has 1 aliphatic heterocycles. The van der Waals surface area contributed by atoms with E-state index < -0.39 is 0 Å². The minimum Gasteiger partial charge on any atom is -0.364 e. The first-order valence-electron chi connectivity index (χ1n) is 4.36. The van der Waals surface area contributed by atoms with Gasteiger partial charge in [-0.25, -0.2) is 4.79 Å². The van der Waals surface area contributed by atoms with E-state index in [1.54, 1.807) is 4.68 Å². The van der Waals surface area contributed by atoms with Crippen LogP contribution in [-0.4, -0.2) is 19.7 Å². The number of imidazole rings is 1. The van der Waals surface area contributed by atoms with Gasteiger partial charge in [0.2, 0.25) is 0 Å². The number of hydrogen-bond acceptors (Lipinski definition) is 3. The second kappa shape index (κ2) is 2.28. The van der Waals surface area contributed by atoms with Gasteiger partial charge in [0.25, 0.3) is 0 Å². The van der Waals surface area contributed by atoms with Gasteiger partial charge in [-0.3, -0.25) is 4.98 Å². The zero-order valence-electron chi connectivity index (χ0n) is 7.59. The van der Waals surface area contributed by atoms with Gasteiger partial charge in [-0.15, -0.1) is 0 Å². The van der Waals surface area contributed by atoms with Gasteiger partial charge in [-0.1, -0.05) is 0 Å². The van der Waals surface area contributed by atoms with Crippen LogP contribution >= 0.6 is 0 Å². The number of fused-ring (bicyclic) bond motifs is 3. The van der Waals surface area contributed by atoms with Crippen molar-refractivity contribution in [2.45, 2.75) is 13.5 Å². The average molecular weight is 191 g/mol. The minimum absolute atomic E-state index is 0.196. The third-order valence-corrected chi connectivity index (χ3v) is 2.27. The molecular formula is C8H9N5O. The number of nitrogens with zero attached hydrogens (tertiary/aromatic N) is 2. The predicted molar refractivity (Wildman–Crippen MR) is 50.6 cm³/mol. The van der Waals surface area contributed by atoms with Crippen molar-refractivity contribution < 1.29 is 0 Å². The summed E-state index contributed by atoms with van der Waals surface area (Å²) in [6, 6.07) is 1.94. The predicted octanol–water partition coefficient (Wildman–Crippen LogP) is 0.123. The molecule has 0 amide bonds. The van der Waals surface area contributed by atoms with Gasteiger partial charge in [-0.2, -0.15) is 9.78 Å². The maximum absolute atomic E-state index is 11.1. The van der Waals surface area contributed by atoms with E-state index in [-0.39, 0.29) is 5.69 Å². The van der Waals surface area contributed by atoms with Crippen LogP contribution in [0.2, 0.25) is 0 Å². The molecule has 6 heteroatoms. The van der Waals surface area contributed by atoms with Crippen LogP contribution in [0.1, 0.15) is 11.4 Å². The first kappa shape index (κ1) is 7.43. The Balaban J connectivity index is 2.32. The maximum atomic E-state index is 11.1. The smallest absolute Gasteiger partial charge is 0.324 e. The SMILES string of the molecule is Cc1cc2n(n1)-c1[nH]c(=O)[nH]c1CN2. The van der Waals surface area contributed by atoms with Crippen LogP contribution in [0, 0.1) is 6.92 Å². The molecule has 0 aromatic carbocycles. The molecule has 3 rings (SSSR count). The molecule has 0 fully saturated rings. The molecule has 0 aliphatic carbocycles. The fourth-order valence-electron chi connectivity index (χ4n) is 1.69. The number of nitrogens with one attached hydrogen (secondary N) is 3. The molecule has 72 valence electrons. The van der Waals surface area contributed by atoms with Crippen molar-refractivity contribution in [2.24, 2.45) is 0 Å². The number of H-pyrrole nitrogens is 2. The second-order valence-corrected chi connectivity index (χ2v) is 3.34. The van der Waals surface area contributed by atoms with Crippen molar-refractivity contribution in [3.63, 3.8) is 0 Å². The van der Waals surface area contributed by atoms with Crippen LogP contribution in [0.25, 0.3) is 5.82 Å². The molecule has 3 heterocycles. The van der Waals surface area contributed by atoms with E-state index in [2.05, 4.69) is 20.4 Å². The zero-order chi connectivity index (χ0) is 9.71. The molecule has 0 spiro atoms. The molecule has 0 radical (unpaired) electrons. The van der Waals surface area contributed by atoms with Gasteiger partial charge in [0.1, 0.15) is 5.82 Å². The van der Waals surface area contributed by atoms with Crippen LogP contribution in [0.3, 0.4) is 0 Å². The largest absolute Gasteiger partial charge is 0.364 e. The van der Waals surface area contributed by atoms with Crippen molar-refractivity contribution in [2.75, 3.05) is 5.32 Å². The first-order valence-corrected chi connectivity index (χ1v) is 4.36. The van der Waals surface area contributed by atoms with Gasteiger partial charge in [0.05, 0.1) is 17.9 Å². The van der Waals surface area contributed by atoms with Crippen molar-refractivity contribution in [1.82, 2.24) is 19.7 Å². The van der Waals surface area contributed by atoms with Gasteiger partial charge in [0, 0.05) is 6.07 Å². The molecular weight excluding hydrogens is 182 g/mol. The van der Waals surface area contributed by atoms with Gasteiger partial charge < -0.3 is 10.3 Å². The Morgan fingerprint density at radius 2 is 2.36 bits per heavy atom. The lowest BCUT2D eigenvalue weighted by molar-refractivity contribution is 0.797. The van der Waals surface area contributed by atoms with E-state index in [9.17, 15) is 4.79 Å². The zero-order valence-corrected chi connectivity index (χ0v) is 7.59. The molecule has 1 aliphatic rings. The highest BCUT2D eigenvalue weighted by Crippen LogP contribution is 2.22. The number of rotatable bonds is 0. The Kier molecular flexibility index (Phi) is 1.21. The maximum Gasteiger partial charge on any atom is 0.324 e. The monoisotopic (exact) mass is 191 g/mol. The lowest BCUT2D eigenvalue weighted by Gasteiger charge is -2.14. The molecule has 0 atom stereocenters. The summed E-state index contributed by atoms with van der Waals surface area (Å²) in [6.45, 7) is 2.54. The Bertz CT molecular complexity index is 546. The quantitative estimate of drug-likeness (QED) is 0.553. The van der Waals surface area contributed by atoms with E-state index in [0.717, 1.165) is 23.0 Å². The van der Waals surface area contributed by atoms with Gasteiger partial charge in [0.15, 0.2) is 5.82 Å². The van der Waals surface area contributed by atoms with Crippen LogP contribution in [0.4, 0.5) is 5.82 Å². The Labute approximate surface area is 79.0 Å². The van der Waals surface area contributed by atoms with Gasteiger partial charge in [-0.05, 0) is 6.92 Å². The normalized spacial score (nSPS) is 13.2. The summed E-state index contributed by atoms with van der Waals surface area (Å²) in [6.07, 6.45) is 0. The number of hydrogen-bond donors (Lipinski definition) is 3. The minimum atomic E-state index is -0.196. The first-order chi connectivity index (χ1) is 6.74. The number of aromatic amines is 2. The van der Waals surface area contributed by atoms with E-state index in [0.29, 0.717) is 6.54 Å². The highest BCUT2D eigenvalue weighted by molar-refractivity contribution is 5.49. The fourth-order valence-corrected chi connectivity index (χ4v) is 1.69. The van der Waals surface area contributed by atoms with Crippen LogP contribution in [0.5, 0.6) is 0 Å². The topological polar surface area (TPSA) is 78.5 Å². The molecule has 0 bridgehead atoms. The highest BCUT2D eigenvalue weighted by Gasteiger charge is 2.18. The van der Waals surface area contributed by atoms with Crippen LogP contribution in [-0.2, 0) is 6.54 Å². The van der Waals surface area contributed by atoms with Crippen molar-refractivity contribution >= 4 is 5.82 Å². The fraction of sp³-hybridized carbons (Fsp3) is 0.250. The standard InChI is InChI=1S/C8H9N5O/c1-4-2-6-9-3-5-7(13(6)12-4)11-8(14)10-5/h2,9H,3H2,1H3,(H2,10,11,14). The molecule has 0 saturated heterocycles. The molecule has 0 saturated carbocycles. The van der Waals surface area contributed by atoms with E-state index in [1.165, 1.54) is 0 Å². The summed E-state index contributed by atoms with van der Waals surface area (Å²) in [5.41, 5.74) is 1.56. The highest BCUT2D eigenvalue weighted by atomic mass is 16.1. The second-order valence-electron chi connectivity index (χ2n) is 3.34. The molecule has 14 heavy (non-hydrogen) atoms. The molecule has 0 unspecified atom stereocenters. The Morgan fingerprint density at radius 1 is 1.50 bits per heavy atom. The van der Waals surface area contributed by atoms with E-state index in [1.807, 2.05) is 13.0 Å². The van der Waals surface area contributed by atoms with E-state index in [4.69, 9.17) is 0 Å². The summed E-state index contributed by atoms with van der Waals surface area (Å²) in [5.74, 6) is 1.64. The average Bonchev–Trinajstić information content (AvgIpc) is 2.65. The van der Waals surface area contributed by atoms with Gasteiger partial charge >= 0.3 is 5.69 Å². The number of anilines is 1. The summed E-state index contributed by atoms with van der Waals surface area (Å²) >= 11 is 0. The Morgan fingerprint density at radius 3 is 3.21 bits per heavy atom. The van der Waals surface area contributed by atoms with Crippen molar-refractivity contribution in [3.8, 4) is 5.82 Å². The molecule has 2 aromatic rings. The van der Waals surface area contributed by atoms with Crippen LogP contribution in [0.15, 0.2) is 10.9 Å². The summed E-state index contributed by atoms with van der Waals surface area (Å²) in [5, 5.41) is 7.43. The van der Waals surface area contributed by atoms with Crippen molar-refractivity contribution in [3.05, 3.63) is 27.9 Å². The van der Waals surface area contributed by atoms with E-state index >= 15 is 0 Å². The summed E-state index contributed by atoms with van der Waals surface area (Å²) in [4.78, 5) is 16.5. The molecule has 2 aromatic heterocycles. The summed E-state index contributed by atoms with van der Waals surface area (Å²) in [7, 11) is 0. The third kappa shape index (κ3) is 0.847. The summed E-state index contributed by atoms with van der Waals surface area (Å²) < 4.78 is 1.70. The number of aryl methyl sites for hydroxylation is 1. The lowest BCUT2D eigenvalue weighted by atomic mass is 10.3. The third-order valence-electron chi connectivity index (χ3n) is 2.27. The Hall–Kier alpha value is -1.98. The molecule has 6 nitrogen and oxygen atoms in total. The molecule has 3 N–H and O–H groups in total.